The van der Waals surface area contributed by atoms with E-state index < -0.39 is 0 Å². The van der Waals surface area contributed by atoms with Crippen LogP contribution in [0.15, 0.2) is 42.5 Å². The number of carbonyl (C=O) groups is 1. The van der Waals surface area contributed by atoms with Crippen LogP contribution in [0.4, 0.5) is 17.1 Å². The third-order valence-corrected chi connectivity index (χ3v) is 5.26. The summed E-state index contributed by atoms with van der Waals surface area (Å²) in [5.41, 5.74) is 9.33. The van der Waals surface area contributed by atoms with Crippen molar-refractivity contribution in [3.63, 3.8) is 0 Å². The molecule has 0 bridgehead atoms. The minimum absolute atomic E-state index is 0.167. The Labute approximate surface area is 167 Å². The van der Waals surface area contributed by atoms with Gasteiger partial charge in [0.1, 0.15) is 5.75 Å². The summed E-state index contributed by atoms with van der Waals surface area (Å²) in [5, 5.41) is 2.94. The van der Waals surface area contributed by atoms with E-state index in [1.54, 1.807) is 12.1 Å². The van der Waals surface area contributed by atoms with E-state index in [0.717, 1.165) is 30.8 Å². The summed E-state index contributed by atoms with van der Waals surface area (Å²) < 4.78 is 5.69. The second-order valence-electron chi connectivity index (χ2n) is 7.50. The Hall–Kier alpha value is -2.69. The van der Waals surface area contributed by atoms with Crippen LogP contribution in [0.1, 0.15) is 56.3 Å². The fourth-order valence-corrected chi connectivity index (χ4v) is 3.61. The molecule has 1 aliphatic rings. The summed E-state index contributed by atoms with van der Waals surface area (Å²) >= 11 is 0. The highest BCUT2D eigenvalue weighted by atomic mass is 16.5. The number of nitrogens with one attached hydrogen (secondary N) is 1. The average molecular weight is 382 g/mol. The molecule has 0 radical (unpaired) electrons. The van der Waals surface area contributed by atoms with Crippen molar-refractivity contribution < 1.29 is 9.53 Å². The Bertz CT molecular complexity index is 806. The quantitative estimate of drug-likeness (QED) is 0.518. The number of hydrogen-bond donors (Lipinski definition) is 2. The molecule has 1 amide bonds. The molecule has 0 aromatic heterocycles. The summed E-state index contributed by atoms with van der Waals surface area (Å²) in [6.45, 7) is 6.05. The molecule has 0 aliphatic carbocycles. The topological polar surface area (TPSA) is 67.6 Å². The van der Waals surface area contributed by atoms with Gasteiger partial charge in [-0.05, 0) is 69.0 Å². The summed E-state index contributed by atoms with van der Waals surface area (Å²) in [5.74, 6) is 0.550. The molecule has 2 aromatic carbocycles. The van der Waals surface area contributed by atoms with E-state index in [1.165, 1.54) is 19.3 Å². The van der Waals surface area contributed by atoms with Crippen LogP contribution in [0.2, 0.25) is 0 Å². The predicted molar refractivity (Wildman–Crippen MR) is 116 cm³/mol. The van der Waals surface area contributed by atoms with Crippen LogP contribution >= 0.6 is 0 Å². The number of nitrogens with two attached hydrogens (primary N) is 1. The van der Waals surface area contributed by atoms with Gasteiger partial charge in [0.2, 0.25) is 0 Å². The van der Waals surface area contributed by atoms with E-state index in [1.807, 2.05) is 30.3 Å². The second kappa shape index (κ2) is 9.49. The van der Waals surface area contributed by atoms with Gasteiger partial charge in [-0.2, -0.15) is 0 Å². The van der Waals surface area contributed by atoms with Crippen molar-refractivity contribution in [1.29, 1.82) is 0 Å². The first-order valence-electron chi connectivity index (χ1n) is 10.3. The van der Waals surface area contributed by atoms with Gasteiger partial charge in [0, 0.05) is 23.8 Å². The van der Waals surface area contributed by atoms with Crippen molar-refractivity contribution in [3.05, 3.63) is 48.0 Å². The number of benzene rings is 2. The molecule has 150 valence electrons. The molecular weight excluding hydrogens is 350 g/mol. The zero-order chi connectivity index (χ0) is 19.9. The van der Waals surface area contributed by atoms with Crippen molar-refractivity contribution in [2.24, 2.45) is 0 Å². The molecule has 0 unspecified atom stereocenters. The van der Waals surface area contributed by atoms with Crippen LogP contribution in [0.3, 0.4) is 0 Å². The number of amides is 1. The predicted octanol–water partition coefficient (Wildman–Crippen LogP) is 5.08. The number of nitrogen functional groups attached to an aromatic ring is 1. The highest BCUT2D eigenvalue weighted by molar-refractivity contribution is 6.04. The third-order valence-electron chi connectivity index (χ3n) is 5.26. The molecule has 28 heavy (non-hydrogen) atoms. The summed E-state index contributed by atoms with van der Waals surface area (Å²) in [4.78, 5) is 15.0. The molecule has 0 spiro atoms. The number of carbonyl (C=O) groups excluding carboxylic acids is 1. The average Bonchev–Trinajstić information content (AvgIpc) is 2.69. The van der Waals surface area contributed by atoms with Gasteiger partial charge in [0.25, 0.3) is 5.91 Å². The van der Waals surface area contributed by atoms with Gasteiger partial charge in [-0.15, -0.1) is 0 Å². The number of ether oxygens (including phenoxy) is 1. The third kappa shape index (κ3) is 4.97. The van der Waals surface area contributed by atoms with Crippen LogP contribution in [-0.2, 0) is 0 Å². The van der Waals surface area contributed by atoms with Crippen LogP contribution < -0.4 is 20.7 Å². The molecule has 1 fully saturated rings. The van der Waals surface area contributed by atoms with Crippen molar-refractivity contribution >= 4 is 23.0 Å². The molecule has 3 rings (SSSR count). The van der Waals surface area contributed by atoms with E-state index in [4.69, 9.17) is 10.5 Å². The Kier molecular flexibility index (Phi) is 6.80. The van der Waals surface area contributed by atoms with Crippen LogP contribution in [0.25, 0.3) is 0 Å². The molecule has 0 saturated carbocycles. The monoisotopic (exact) mass is 381 g/mol. The minimum atomic E-state index is -0.167. The Morgan fingerprint density at radius 2 is 2.11 bits per heavy atom. The summed E-state index contributed by atoms with van der Waals surface area (Å²) in [6, 6.07) is 13.5. The van der Waals surface area contributed by atoms with Crippen LogP contribution in [-0.4, -0.2) is 25.1 Å². The lowest BCUT2D eigenvalue weighted by Crippen LogP contribution is -2.37. The lowest BCUT2D eigenvalue weighted by atomic mass is 10.0. The number of anilines is 3. The molecule has 5 heteroatoms. The number of rotatable bonds is 7. The smallest absolute Gasteiger partial charge is 0.255 e. The molecular formula is C23H31N3O2. The highest BCUT2D eigenvalue weighted by Crippen LogP contribution is 2.31. The van der Waals surface area contributed by atoms with E-state index in [0.29, 0.717) is 29.6 Å². The van der Waals surface area contributed by atoms with Crippen molar-refractivity contribution in [3.8, 4) is 5.75 Å². The van der Waals surface area contributed by atoms with E-state index in [-0.39, 0.29) is 5.91 Å². The Balaban J connectivity index is 1.67. The normalized spacial score (nSPS) is 16.6. The number of nitrogens with zero attached hydrogens (tertiary/aromatic N) is 1. The number of hydrogen-bond acceptors (Lipinski definition) is 4. The van der Waals surface area contributed by atoms with Crippen molar-refractivity contribution in [2.75, 3.05) is 29.1 Å². The second-order valence-corrected chi connectivity index (χ2v) is 7.50. The summed E-state index contributed by atoms with van der Waals surface area (Å²) in [6.07, 6.45) is 5.73. The lowest BCUT2D eigenvalue weighted by Gasteiger charge is -2.36. The van der Waals surface area contributed by atoms with Crippen molar-refractivity contribution in [2.45, 2.75) is 52.0 Å². The maximum atomic E-state index is 12.6. The van der Waals surface area contributed by atoms with E-state index in [9.17, 15) is 4.79 Å². The Morgan fingerprint density at radius 3 is 2.86 bits per heavy atom. The van der Waals surface area contributed by atoms with Gasteiger partial charge in [0.15, 0.2) is 0 Å². The molecule has 2 aromatic rings. The van der Waals surface area contributed by atoms with Gasteiger partial charge in [0.05, 0.1) is 18.0 Å². The van der Waals surface area contributed by atoms with Crippen LogP contribution in [0, 0.1) is 0 Å². The Morgan fingerprint density at radius 1 is 1.25 bits per heavy atom. The van der Waals surface area contributed by atoms with Gasteiger partial charge in [-0.25, -0.2) is 0 Å². The molecule has 5 nitrogen and oxygen atoms in total. The molecule has 3 N–H and O–H groups in total. The zero-order valence-electron chi connectivity index (χ0n) is 16.9. The molecule has 1 atom stereocenters. The van der Waals surface area contributed by atoms with Crippen LogP contribution in [0.5, 0.6) is 5.75 Å². The largest absolute Gasteiger partial charge is 0.494 e. The molecule has 1 heterocycles. The van der Waals surface area contributed by atoms with Gasteiger partial charge >= 0.3 is 0 Å². The minimum Gasteiger partial charge on any atom is -0.494 e. The molecule has 1 saturated heterocycles. The van der Waals surface area contributed by atoms with Crippen molar-refractivity contribution in [1.82, 2.24) is 0 Å². The highest BCUT2D eigenvalue weighted by Gasteiger charge is 2.20. The fraction of sp³-hybridized carbons (Fsp3) is 0.435. The maximum absolute atomic E-state index is 12.6. The maximum Gasteiger partial charge on any atom is 0.255 e. The zero-order valence-corrected chi connectivity index (χ0v) is 16.9. The van der Waals surface area contributed by atoms with Gasteiger partial charge in [-0.1, -0.05) is 19.4 Å². The van der Waals surface area contributed by atoms with Gasteiger partial charge in [-0.3, -0.25) is 4.79 Å². The van der Waals surface area contributed by atoms with E-state index >= 15 is 0 Å². The number of unbranched alkanes of at least 4 members (excludes halogenated alkanes) is 1. The SMILES string of the molecule is CCCCOc1cccc(C(=O)Nc2ccc(N3CCCC[C@H]3C)c(N)c2)c1. The lowest BCUT2D eigenvalue weighted by molar-refractivity contribution is 0.102. The standard InChI is InChI=1S/C23H31N3O2/c1-3-4-14-28-20-10-7-9-18(15-20)23(27)25-19-11-12-22(21(24)16-19)26-13-6-5-8-17(26)2/h7,9-12,15-17H,3-6,8,13-14,24H2,1-2H3,(H,25,27)/t17-/m1/s1. The molecule has 1 aliphatic heterocycles. The fourth-order valence-electron chi connectivity index (χ4n) is 3.61. The first kappa shape index (κ1) is 20.1. The first-order chi connectivity index (χ1) is 13.6. The summed E-state index contributed by atoms with van der Waals surface area (Å²) in [7, 11) is 0. The van der Waals surface area contributed by atoms with E-state index in [2.05, 4.69) is 24.1 Å². The number of piperidine rings is 1. The van der Waals surface area contributed by atoms with Gasteiger partial charge < -0.3 is 20.7 Å². The first-order valence-corrected chi connectivity index (χ1v) is 10.3.